The predicted molar refractivity (Wildman–Crippen MR) is 66.1 cm³/mol. The fraction of sp³-hybridized carbons (Fsp3) is 0.385. The largest absolute Gasteiger partial charge is 0.481 e. The van der Waals surface area contributed by atoms with E-state index in [9.17, 15) is 4.79 Å². The van der Waals surface area contributed by atoms with E-state index < -0.39 is 5.97 Å². The van der Waals surface area contributed by atoms with Crippen LogP contribution in [0.5, 0.6) is 0 Å². The topological polar surface area (TPSA) is 66.0 Å². The van der Waals surface area contributed by atoms with Gasteiger partial charge in [-0.25, -0.2) is 0 Å². The van der Waals surface area contributed by atoms with Gasteiger partial charge in [-0.05, 0) is 24.6 Å². The molecule has 0 aliphatic carbocycles. The number of carboxylic acid groups (broad SMARTS) is 1. The Bertz CT molecular complexity index is 570. The molecule has 0 unspecified atom stereocenters. The minimum absolute atomic E-state index is 0.120. The molecule has 0 fully saturated rings. The Morgan fingerprint density at radius 2 is 2.18 bits per heavy atom. The minimum atomic E-state index is -0.779. The van der Waals surface area contributed by atoms with Crippen LogP contribution in [0.2, 0.25) is 0 Å². The van der Waals surface area contributed by atoms with Crippen molar-refractivity contribution < 1.29 is 9.90 Å². The Labute approximate surface area is 99.7 Å². The molecule has 0 spiro atoms. The van der Waals surface area contributed by atoms with Crippen molar-refractivity contribution in [1.29, 1.82) is 0 Å². The van der Waals surface area contributed by atoms with Crippen LogP contribution in [-0.4, -0.2) is 21.3 Å². The second-order valence-corrected chi connectivity index (χ2v) is 5.03. The van der Waals surface area contributed by atoms with Crippen molar-refractivity contribution in [2.75, 3.05) is 0 Å². The summed E-state index contributed by atoms with van der Waals surface area (Å²) in [6.45, 7) is 5.85. The molecule has 2 N–H and O–H groups in total. The molecule has 2 rings (SSSR count). The van der Waals surface area contributed by atoms with Crippen LogP contribution in [0.25, 0.3) is 10.9 Å². The number of benzene rings is 1. The maximum atomic E-state index is 10.9. The van der Waals surface area contributed by atoms with Crippen LogP contribution in [0.1, 0.15) is 31.5 Å². The Balaban J connectivity index is 2.48. The molecule has 1 aromatic heterocycles. The molecule has 1 heterocycles. The second-order valence-electron chi connectivity index (χ2n) is 5.03. The summed E-state index contributed by atoms with van der Waals surface area (Å²) in [5.41, 5.74) is 2.58. The number of aryl methyl sites for hydroxylation is 1. The molecule has 4 nitrogen and oxygen atoms in total. The highest BCUT2D eigenvalue weighted by molar-refractivity contribution is 5.82. The van der Waals surface area contributed by atoms with Crippen LogP contribution >= 0.6 is 0 Å². The van der Waals surface area contributed by atoms with Crippen molar-refractivity contribution in [3.63, 3.8) is 0 Å². The molecule has 0 saturated heterocycles. The lowest BCUT2D eigenvalue weighted by atomic mass is 9.81. The molecule has 4 heteroatoms. The molecule has 0 saturated carbocycles. The SMILES string of the molecule is Cc1[nH]nc2ccc(C(C)(C)CC(=O)O)cc12. The zero-order chi connectivity index (χ0) is 12.6. The van der Waals surface area contributed by atoms with Gasteiger partial charge in [0.05, 0.1) is 11.9 Å². The number of carboxylic acids is 1. The first-order valence-electron chi connectivity index (χ1n) is 5.57. The zero-order valence-corrected chi connectivity index (χ0v) is 10.2. The van der Waals surface area contributed by atoms with E-state index in [1.807, 2.05) is 39.0 Å². The maximum absolute atomic E-state index is 10.9. The molecule has 0 radical (unpaired) electrons. The Morgan fingerprint density at radius 3 is 2.82 bits per heavy atom. The van der Waals surface area contributed by atoms with E-state index in [0.29, 0.717) is 0 Å². The van der Waals surface area contributed by atoms with Crippen molar-refractivity contribution in [3.05, 3.63) is 29.5 Å². The monoisotopic (exact) mass is 232 g/mol. The summed E-state index contributed by atoms with van der Waals surface area (Å²) in [7, 11) is 0. The lowest BCUT2D eigenvalue weighted by Gasteiger charge is -2.23. The fourth-order valence-corrected chi connectivity index (χ4v) is 2.04. The van der Waals surface area contributed by atoms with Gasteiger partial charge in [0.2, 0.25) is 0 Å². The third kappa shape index (κ3) is 2.16. The summed E-state index contributed by atoms with van der Waals surface area (Å²) >= 11 is 0. The normalized spacial score (nSPS) is 11.9. The Hall–Kier alpha value is -1.84. The molecule has 17 heavy (non-hydrogen) atoms. The number of carbonyl (C=O) groups is 1. The van der Waals surface area contributed by atoms with Crippen LogP contribution in [0.4, 0.5) is 0 Å². The Morgan fingerprint density at radius 1 is 1.47 bits per heavy atom. The van der Waals surface area contributed by atoms with Crippen molar-refractivity contribution in [2.24, 2.45) is 0 Å². The number of aromatic nitrogens is 2. The number of H-pyrrole nitrogens is 1. The minimum Gasteiger partial charge on any atom is -0.481 e. The van der Waals surface area contributed by atoms with Crippen LogP contribution in [0.3, 0.4) is 0 Å². The molecular weight excluding hydrogens is 216 g/mol. The first kappa shape index (κ1) is 11.6. The van der Waals surface area contributed by atoms with Crippen LogP contribution in [-0.2, 0) is 10.2 Å². The van der Waals surface area contributed by atoms with Gasteiger partial charge in [0, 0.05) is 16.5 Å². The molecule has 0 atom stereocenters. The number of rotatable bonds is 3. The van der Waals surface area contributed by atoms with Gasteiger partial charge in [-0.3, -0.25) is 9.89 Å². The fourth-order valence-electron chi connectivity index (χ4n) is 2.04. The molecular formula is C13H16N2O2. The van der Waals surface area contributed by atoms with E-state index in [0.717, 1.165) is 22.2 Å². The number of nitrogens with one attached hydrogen (secondary N) is 1. The van der Waals surface area contributed by atoms with E-state index in [1.54, 1.807) is 0 Å². The van der Waals surface area contributed by atoms with Gasteiger partial charge in [0.1, 0.15) is 0 Å². The lowest BCUT2D eigenvalue weighted by molar-refractivity contribution is -0.138. The standard InChI is InChI=1S/C13H16N2O2/c1-8-10-6-9(4-5-11(10)15-14-8)13(2,3)7-12(16)17/h4-6H,7H2,1-3H3,(H,14,15)(H,16,17). The number of nitrogens with zero attached hydrogens (tertiary/aromatic N) is 1. The molecule has 0 amide bonds. The highest BCUT2D eigenvalue weighted by atomic mass is 16.4. The summed E-state index contributed by atoms with van der Waals surface area (Å²) < 4.78 is 0. The number of fused-ring (bicyclic) bond motifs is 1. The molecule has 0 bridgehead atoms. The number of hydrogen-bond donors (Lipinski definition) is 2. The third-order valence-electron chi connectivity index (χ3n) is 3.12. The summed E-state index contributed by atoms with van der Waals surface area (Å²) in [6.07, 6.45) is 0.120. The van der Waals surface area contributed by atoms with Crippen molar-refractivity contribution >= 4 is 16.9 Å². The van der Waals surface area contributed by atoms with E-state index in [1.165, 1.54) is 0 Å². The second kappa shape index (κ2) is 3.87. The highest BCUT2D eigenvalue weighted by Crippen LogP contribution is 2.29. The smallest absolute Gasteiger partial charge is 0.304 e. The molecule has 0 aliphatic heterocycles. The average Bonchev–Trinajstić information content (AvgIpc) is 2.58. The van der Waals surface area contributed by atoms with E-state index >= 15 is 0 Å². The first-order valence-corrected chi connectivity index (χ1v) is 5.57. The average molecular weight is 232 g/mol. The predicted octanol–water partition coefficient (Wildman–Crippen LogP) is 2.62. The van der Waals surface area contributed by atoms with E-state index in [4.69, 9.17) is 5.11 Å². The van der Waals surface area contributed by atoms with Crippen LogP contribution in [0.15, 0.2) is 18.2 Å². The van der Waals surface area contributed by atoms with Crippen molar-refractivity contribution in [2.45, 2.75) is 32.6 Å². The van der Waals surface area contributed by atoms with E-state index in [2.05, 4.69) is 10.2 Å². The molecule has 90 valence electrons. The number of hydrogen-bond acceptors (Lipinski definition) is 2. The van der Waals surface area contributed by atoms with Crippen molar-refractivity contribution in [3.8, 4) is 0 Å². The summed E-state index contributed by atoms with van der Waals surface area (Å²) in [5, 5.41) is 17.1. The molecule has 1 aromatic carbocycles. The molecule has 0 aliphatic rings. The van der Waals surface area contributed by atoms with Gasteiger partial charge in [0.15, 0.2) is 0 Å². The highest BCUT2D eigenvalue weighted by Gasteiger charge is 2.24. The number of aliphatic carboxylic acids is 1. The maximum Gasteiger partial charge on any atom is 0.304 e. The van der Waals surface area contributed by atoms with Gasteiger partial charge in [0.25, 0.3) is 0 Å². The van der Waals surface area contributed by atoms with Gasteiger partial charge < -0.3 is 5.11 Å². The van der Waals surface area contributed by atoms with Crippen LogP contribution in [0, 0.1) is 6.92 Å². The lowest BCUT2D eigenvalue weighted by Crippen LogP contribution is -2.21. The van der Waals surface area contributed by atoms with Gasteiger partial charge in [-0.2, -0.15) is 5.10 Å². The Kier molecular flexibility index (Phi) is 2.65. The van der Waals surface area contributed by atoms with Crippen molar-refractivity contribution in [1.82, 2.24) is 10.2 Å². The van der Waals surface area contributed by atoms with Gasteiger partial charge in [-0.1, -0.05) is 19.9 Å². The zero-order valence-electron chi connectivity index (χ0n) is 10.2. The summed E-state index contributed by atoms with van der Waals surface area (Å²) in [4.78, 5) is 10.9. The first-order chi connectivity index (χ1) is 7.90. The van der Waals surface area contributed by atoms with Gasteiger partial charge >= 0.3 is 5.97 Å². The van der Waals surface area contributed by atoms with E-state index in [-0.39, 0.29) is 11.8 Å². The van der Waals surface area contributed by atoms with Gasteiger partial charge in [-0.15, -0.1) is 0 Å². The summed E-state index contributed by atoms with van der Waals surface area (Å²) in [6, 6.07) is 5.90. The quantitative estimate of drug-likeness (QED) is 0.854. The molecule has 2 aromatic rings. The summed E-state index contributed by atoms with van der Waals surface area (Å²) in [5.74, 6) is -0.779. The third-order valence-corrected chi connectivity index (χ3v) is 3.12. The van der Waals surface area contributed by atoms with Crippen LogP contribution < -0.4 is 0 Å². The number of aromatic amines is 1.